The molecule has 0 spiro atoms. The molecule has 1 fully saturated rings. The Bertz CT molecular complexity index is 4870. The molecule has 4 aromatic carbocycles. The van der Waals surface area contributed by atoms with E-state index in [1.54, 1.807) is 30.5 Å². The highest BCUT2D eigenvalue weighted by Crippen LogP contribution is 2.47. The molecule has 4 aliphatic heterocycles. The van der Waals surface area contributed by atoms with E-state index in [1.165, 1.54) is 34.9 Å². The van der Waals surface area contributed by atoms with E-state index in [-0.39, 0.29) is 130 Å². The maximum atomic E-state index is 15.7. The summed E-state index contributed by atoms with van der Waals surface area (Å²) in [6.45, 7) is 9.60. The molecule has 31 nitrogen and oxygen atoms in total. The van der Waals surface area contributed by atoms with E-state index >= 15 is 4.39 Å². The number of carbonyl (C=O) groups excluding carboxylic acids is 7. The molecule has 7 aromatic rings. The quantitative estimate of drug-likeness (QED) is 0.0207. The van der Waals surface area contributed by atoms with Gasteiger partial charge in [-0.15, -0.1) is 5.10 Å². The van der Waals surface area contributed by atoms with Crippen molar-refractivity contribution in [2.24, 2.45) is 7.05 Å². The first-order chi connectivity index (χ1) is 52.9. The molecule has 0 bridgehead atoms. The summed E-state index contributed by atoms with van der Waals surface area (Å²) in [5.74, 6) is -5.80. The Hall–Kier alpha value is -10.6. The molecule has 8 unspecified atom stereocenters. The fraction of sp³-hybridized carbons (Fsp3) is 0.468. The van der Waals surface area contributed by atoms with Crippen LogP contribution in [0.15, 0.2) is 83.7 Å². The summed E-state index contributed by atoms with van der Waals surface area (Å²) in [5.41, 5.74) is 4.39. The molecule has 7 heterocycles. The first-order valence-corrected chi connectivity index (χ1v) is 37.0. The van der Waals surface area contributed by atoms with Crippen LogP contribution in [0, 0.1) is 12.7 Å². The normalized spacial score (nSPS) is 19.8. The molecule has 32 heteroatoms. The molecule has 6 amide bonds. The molecular formula is C79H92FN11O20. The van der Waals surface area contributed by atoms with Gasteiger partial charge in [-0.1, -0.05) is 60.7 Å². The average molecular weight is 1530 g/mol. The number of benzene rings is 4. The lowest BCUT2D eigenvalue weighted by atomic mass is 9.81. The van der Waals surface area contributed by atoms with Crippen LogP contribution in [0.3, 0.4) is 0 Å². The number of aryl methyl sites for hydroxylation is 2. The van der Waals surface area contributed by atoms with Crippen LogP contribution in [0.5, 0.6) is 5.75 Å². The zero-order chi connectivity index (χ0) is 79.5. The Labute approximate surface area is 637 Å². The van der Waals surface area contributed by atoms with E-state index in [0.29, 0.717) is 76.9 Å². The number of halogens is 1. The number of nitrogens with one attached hydrogen (secondary N) is 5. The van der Waals surface area contributed by atoms with Gasteiger partial charge in [0.05, 0.1) is 70.8 Å². The van der Waals surface area contributed by atoms with Gasteiger partial charge in [0.15, 0.2) is 11.7 Å². The molecule has 111 heavy (non-hydrogen) atoms. The molecule has 0 saturated carbocycles. The van der Waals surface area contributed by atoms with E-state index < -0.39 is 119 Å². The minimum Gasteiger partial charge on any atom is -0.479 e. The lowest BCUT2D eigenvalue weighted by Crippen LogP contribution is -2.61. The van der Waals surface area contributed by atoms with Crippen molar-refractivity contribution in [3.63, 3.8) is 0 Å². The molecule has 0 radical (unpaired) electrons. The van der Waals surface area contributed by atoms with E-state index in [9.17, 15) is 68.7 Å². The third-order valence-electron chi connectivity index (χ3n) is 21.4. The molecule has 3 aromatic heterocycles. The second kappa shape index (κ2) is 33.1. The number of aliphatic carboxylic acids is 1. The molecule has 12 rings (SSSR count). The first-order valence-electron chi connectivity index (χ1n) is 37.0. The fourth-order valence-electron chi connectivity index (χ4n) is 14.7. The van der Waals surface area contributed by atoms with Crippen molar-refractivity contribution in [2.75, 3.05) is 31.7 Å². The second-order valence-electron chi connectivity index (χ2n) is 29.8. The second-order valence-corrected chi connectivity index (χ2v) is 29.8. The number of nitrogens with zero attached hydrogens (tertiary/aromatic N) is 6. The van der Waals surface area contributed by atoms with Gasteiger partial charge in [-0.05, 0) is 132 Å². The van der Waals surface area contributed by atoms with Crippen LogP contribution >= 0.6 is 0 Å². The van der Waals surface area contributed by atoms with Crippen LogP contribution in [-0.2, 0) is 109 Å². The Morgan fingerprint density at radius 2 is 1.55 bits per heavy atom. The summed E-state index contributed by atoms with van der Waals surface area (Å²) in [4.78, 5) is 129. The van der Waals surface area contributed by atoms with Crippen molar-refractivity contribution in [3.05, 3.63) is 145 Å². The molecular weight excluding hydrogens is 1440 g/mol. The van der Waals surface area contributed by atoms with Crippen molar-refractivity contribution < 1.29 is 96.7 Å². The lowest BCUT2D eigenvalue weighted by molar-refractivity contribution is -0.271. The van der Waals surface area contributed by atoms with Crippen LogP contribution in [0.2, 0.25) is 0 Å². The number of amides is 6. The molecule has 590 valence electrons. The number of hydrogen-bond donors (Lipinski definition) is 10. The van der Waals surface area contributed by atoms with Gasteiger partial charge in [0.2, 0.25) is 35.8 Å². The molecule has 1 saturated heterocycles. The summed E-state index contributed by atoms with van der Waals surface area (Å²) < 4.78 is 52.9. The number of para-hydroxylation sites is 1. The summed E-state index contributed by atoms with van der Waals surface area (Å²) in [6.07, 6.45) is -9.38. The van der Waals surface area contributed by atoms with Crippen molar-refractivity contribution in [1.29, 1.82) is 0 Å². The maximum absolute atomic E-state index is 15.7. The largest absolute Gasteiger partial charge is 0.479 e. The Morgan fingerprint density at radius 1 is 0.811 bits per heavy atom. The van der Waals surface area contributed by atoms with Gasteiger partial charge in [0.25, 0.3) is 5.56 Å². The number of unbranched alkanes of at least 4 members (excludes halogenated alkanes) is 1. The number of carboxylic acid groups (broad SMARTS) is 1. The number of rotatable bonds is 29. The highest BCUT2D eigenvalue weighted by molar-refractivity contribution is 6.00. The summed E-state index contributed by atoms with van der Waals surface area (Å²) in [6, 6.07) is 20.2. The van der Waals surface area contributed by atoms with Gasteiger partial charge in [-0.25, -0.2) is 28.4 Å². The number of carbonyl (C=O) groups is 8. The average Bonchev–Trinajstić information content (AvgIpc) is 1.58. The fourth-order valence-corrected chi connectivity index (χ4v) is 14.7. The van der Waals surface area contributed by atoms with Crippen LogP contribution < -0.4 is 41.8 Å². The minimum absolute atomic E-state index is 0.00380. The van der Waals surface area contributed by atoms with Gasteiger partial charge < -0.3 is 90.0 Å². The third-order valence-corrected chi connectivity index (χ3v) is 21.4. The highest BCUT2D eigenvalue weighted by Gasteiger charge is 2.49. The molecule has 5 aliphatic rings. The number of anilines is 1. The summed E-state index contributed by atoms with van der Waals surface area (Å²) >= 11 is 0. The van der Waals surface area contributed by atoms with E-state index in [2.05, 4.69) is 36.9 Å². The number of cyclic esters (lactones) is 1. The highest BCUT2D eigenvalue weighted by atomic mass is 19.1. The number of pyridine rings is 2. The monoisotopic (exact) mass is 1530 g/mol. The summed E-state index contributed by atoms with van der Waals surface area (Å²) in [7, 11) is 3.43. The van der Waals surface area contributed by atoms with Crippen molar-refractivity contribution in [3.8, 4) is 39.7 Å². The summed E-state index contributed by atoms with van der Waals surface area (Å²) in [5, 5.41) is 76.6. The number of aliphatic hydroxyl groups excluding tert-OH is 3. The van der Waals surface area contributed by atoms with Crippen LogP contribution in [0.25, 0.3) is 44.8 Å². The standard InChI is InChI=1S/C79H92FN11O20/c1-9-79(105)50-33-56-64-48(38-91(56)72(100)49(50)40-107-75(79)103)63-52(24-23-45-41(2)51(80)34-53(85-64)62(45)63)86-76(104)108-39-42-22-25-57(110-74-69(98)67(96)68(97)70(111-74)73(101)102)44(32-42)35-82-59(93)27-30-81-71(99)54(36-83-58(92)26-28-78(5,6)109-31-29-77(3,4)106-8)84-60(94)20-14-15-21-61(95)90-37-43-16-10-11-17-46(43)66-65(87-88-89(66)7)47-18-12-13-19-55(47)90/h10-13,16-19,22,25,32-34,52,54,67-70,74,96-98,105H,9,14-15,20-21,23-24,26-31,35-40H2,1-8H3,(H,81,99)(H,82,93)(H,83,92)(H,84,94)(H,86,104)(H,101,102). The van der Waals surface area contributed by atoms with Crippen molar-refractivity contribution >= 4 is 64.2 Å². The molecule has 8 atom stereocenters. The number of alkyl carbamates (subject to hydrolysis) is 1. The Balaban J connectivity index is 0.708. The van der Waals surface area contributed by atoms with Gasteiger partial charge >= 0.3 is 18.0 Å². The van der Waals surface area contributed by atoms with Crippen molar-refractivity contribution in [1.82, 2.24) is 51.1 Å². The number of methoxy groups -OCH3 is 1. The van der Waals surface area contributed by atoms with Gasteiger partial charge in [0.1, 0.15) is 54.8 Å². The van der Waals surface area contributed by atoms with Crippen LogP contribution in [-0.4, -0.2) is 172 Å². The Kier molecular flexibility index (Phi) is 23.9. The van der Waals surface area contributed by atoms with Gasteiger partial charge in [-0.3, -0.25) is 28.8 Å². The van der Waals surface area contributed by atoms with Crippen LogP contribution in [0.1, 0.15) is 155 Å². The molecule has 10 N–H and O–H groups in total. The number of aromatic nitrogens is 5. The lowest BCUT2D eigenvalue weighted by Gasteiger charge is -2.38. The number of fused-ring (bicyclic) bond motifs is 10. The minimum atomic E-state index is -2.12. The van der Waals surface area contributed by atoms with Crippen LogP contribution in [0.4, 0.5) is 14.9 Å². The van der Waals surface area contributed by atoms with Crippen molar-refractivity contribution in [2.45, 2.75) is 205 Å². The number of aliphatic hydroxyl groups is 4. The SMILES string of the molecule is CCC1(O)C(=O)OCc2c1cc1n(c2=O)Cc2c-1nc1cc(F)c(C)c3c1c2C(NC(=O)OCc1ccc(OC2OC(C(=O)O)C(O)C(O)C2O)c(CNC(=O)CCNC(=O)C(CNC(=O)CCC(C)(C)OCCC(C)(C)OC)NC(=O)CCCCC(=O)N2Cc4ccccc4-c4c(nnn4C)-c4ccccc42)c1)CC3. The van der Waals surface area contributed by atoms with Gasteiger partial charge in [-0.2, -0.15) is 0 Å². The predicted octanol–water partition coefficient (Wildman–Crippen LogP) is 5.40. The number of hydrogen-bond acceptors (Lipinski definition) is 22. The Morgan fingerprint density at radius 3 is 2.31 bits per heavy atom. The third kappa shape index (κ3) is 17.0. The topological polar surface area (TPSA) is 422 Å². The number of esters is 1. The van der Waals surface area contributed by atoms with Gasteiger partial charge in [0, 0.05) is 98.7 Å². The maximum Gasteiger partial charge on any atom is 0.407 e. The smallest absolute Gasteiger partial charge is 0.407 e. The van der Waals surface area contributed by atoms with E-state index in [1.807, 2.05) is 83.3 Å². The van der Waals surface area contributed by atoms with E-state index in [0.717, 1.165) is 22.4 Å². The number of carboxylic acids is 1. The zero-order valence-electron chi connectivity index (χ0n) is 62.9. The molecule has 1 aliphatic carbocycles. The predicted molar refractivity (Wildman–Crippen MR) is 396 cm³/mol. The first kappa shape index (κ1) is 79.9. The zero-order valence-corrected chi connectivity index (χ0v) is 62.9. The van der Waals surface area contributed by atoms with E-state index in [4.69, 9.17) is 33.4 Å². The number of ether oxygens (including phenoxy) is 6.